The van der Waals surface area contributed by atoms with Crippen molar-refractivity contribution in [3.05, 3.63) is 81.5 Å². The van der Waals surface area contributed by atoms with E-state index >= 15 is 0 Å². The molecule has 4 aromatic heterocycles. The molecule has 0 bridgehead atoms. The molecule has 60 heavy (non-hydrogen) atoms. The van der Waals surface area contributed by atoms with E-state index in [9.17, 15) is 0 Å². The van der Waals surface area contributed by atoms with Crippen molar-refractivity contribution in [1.82, 2.24) is 9.97 Å². The fourth-order valence-corrected chi connectivity index (χ4v) is 3.71. The molecule has 0 unspecified atom stereocenters. The van der Waals surface area contributed by atoms with Crippen LogP contribution in [0.3, 0.4) is 0 Å². The van der Waals surface area contributed by atoms with Crippen molar-refractivity contribution < 1.29 is 8.83 Å². The van der Waals surface area contributed by atoms with Crippen LogP contribution in [0, 0.1) is 94.7 Å². The zero-order valence-corrected chi connectivity index (χ0v) is 43.4. The molecular formula is C54H86N2O2S2. The highest BCUT2D eigenvalue weighted by atomic mass is 32.1. The Bertz CT molecular complexity index is 1390. The van der Waals surface area contributed by atoms with Crippen molar-refractivity contribution in [3.63, 3.8) is 0 Å². The summed E-state index contributed by atoms with van der Waals surface area (Å²) in [5.41, 5.74) is 0. The maximum Gasteiger partial charge on any atom is 0.273 e. The minimum Gasteiger partial charge on any atom is -0.456 e. The van der Waals surface area contributed by atoms with Crippen LogP contribution in [0.15, 0.2) is 68.8 Å². The number of thiophene rings is 1. The van der Waals surface area contributed by atoms with E-state index in [-0.39, 0.29) is 0 Å². The second kappa shape index (κ2) is 44.6. The SMILES string of the molecule is CC(C)C.CC(C)C.CC(C)C.CC(C)C.CC(C)CC#Cc1ccco1.CC(C)CC#Cc1cccs1.CC(C)CC#Cc1ncco1.CC(C)CC#Cc1nccs1. The van der Waals surface area contributed by atoms with Crippen LogP contribution in [0.5, 0.6) is 0 Å². The van der Waals surface area contributed by atoms with Crippen molar-refractivity contribution in [2.24, 2.45) is 47.3 Å². The minimum absolute atomic E-state index is 0.505. The quantitative estimate of drug-likeness (QED) is 0.192. The lowest BCUT2D eigenvalue weighted by Crippen LogP contribution is -1.81. The van der Waals surface area contributed by atoms with Gasteiger partial charge in [-0.1, -0.05) is 174 Å². The van der Waals surface area contributed by atoms with E-state index in [1.54, 1.807) is 41.3 Å². The molecule has 4 aromatic rings. The summed E-state index contributed by atoms with van der Waals surface area (Å²) in [6.45, 7) is 43.3. The van der Waals surface area contributed by atoms with Crippen LogP contribution in [0.2, 0.25) is 0 Å². The third-order valence-electron chi connectivity index (χ3n) is 4.76. The predicted octanol–water partition coefficient (Wildman–Crippen LogP) is 17.1. The molecule has 0 saturated carbocycles. The Morgan fingerprint density at radius 3 is 1.25 bits per heavy atom. The standard InChI is InChI=1S/C10H12O.C10H12S.C9H11NO.C9H11NS.4C4H10/c2*1-9(2)5-3-6-10-7-4-8-11-10;2*1-8(2)4-3-5-9-10-6-7-11-9;4*1-4(2)3/h2*4,7-9H,5H2,1-2H3;2*6-8H,4H2,1-2H3;4*4H,1-3H3. The highest BCUT2D eigenvalue weighted by Crippen LogP contribution is 2.07. The third-order valence-corrected chi connectivity index (χ3v) is 6.24. The van der Waals surface area contributed by atoms with Crippen molar-refractivity contribution in [2.75, 3.05) is 0 Å². The Hall–Kier alpha value is -3.94. The number of hydrogen-bond donors (Lipinski definition) is 0. The lowest BCUT2D eigenvalue weighted by Gasteiger charge is -1.91. The number of thiazole rings is 1. The maximum absolute atomic E-state index is 5.04. The average Bonchev–Trinajstić information content (AvgIpc) is 3.94. The molecule has 0 amide bonds. The smallest absolute Gasteiger partial charge is 0.273 e. The van der Waals surface area contributed by atoms with Gasteiger partial charge in [0, 0.05) is 37.3 Å². The topological polar surface area (TPSA) is 52.1 Å². The summed E-state index contributed by atoms with van der Waals surface area (Å²) >= 11 is 3.29. The Morgan fingerprint density at radius 2 is 0.900 bits per heavy atom. The first kappa shape index (κ1) is 62.7. The molecule has 4 rings (SSSR count). The van der Waals surface area contributed by atoms with Gasteiger partial charge in [0.2, 0.25) is 0 Å². The van der Waals surface area contributed by atoms with E-state index in [0.717, 1.165) is 60.1 Å². The highest BCUT2D eigenvalue weighted by molar-refractivity contribution is 7.10. The molecule has 0 radical (unpaired) electrons. The van der Waals surface area contributed by atoms with Crippen LogP contribution >= 0.6 is 22.7 Å². The van der Waals surface area contributed by atoms with E-state index in [4.69, 9.17) is 8.83 Å². The van der Waals surface area contributed by atoms with Gasteiger partial charge in [-0.2, -0.15) is 0 Å². The van der Waals surface area contributed by atoms with Gasteiger partial charge in [-0.3, -0.25) is 0 Å². The second-order valence-corrected chi connectivity index (χ2v) is 20.0. The number of nitrogens with zero attached hydrogens (tertiary/aromatic N) is 2. The Kier molecular flexibility index (Phi) is 46.6. The maximum atomic E-state index is 5.04. The minimum atomic E-state index is 0.505. The van der Waals surface area contributed by atoms with Crippen LogP contribution in [-0.2, 0) is 0 Å². The van der Waals surface area contributed by atoms with Gasteiger partial charge in [0.25, 0.3) is 5.89 Å². The zero-order valence-electron chi connectivity index (χ0n) is 41.7. The average molecular weight is 859 g/mol. The summed E-state index contributed by atoms with van der Waals surface area (Å²) in [5, 5.41) is 4.92. The number of oxazole rings is 1. The number of aromatic nitrogens is 2. The van der Waals surface area contributed by atoms with E-state index in [1.807, 2.05) is 23.6 Å². The van der Waals surface area contributed by atoms with E-state index < -0.39 is 0 Å². The van der Waals surface area contributed by atoms with Gasteiger partial charge in [-0.05, 0) is 88.7 Å². The number of hydrogen-bond acceptors (Lipinski definition) is 6. The summed E-state index contributed by atoms with van der Waals surface area (Å²) < 4.78 is 9.97. The Balaban J connectivity index is -0.000000311. The lowest BCUT2D eigenvalue weighted by molar-refractivity contribution is 0.543. The first-order valence-corrected chi connectivity index (χ1v) is 23.7. The zero-order chi connectivity index (χ0) is 46.7. The molecule has 0 aromatic carbocycles. The van der Waals surface area contributed by atoms with Crippen LogP contribution in [0.4, 0.5) is 0 Å². The first-order chi connectivity index (χ1) is 28.1. The molecule has 0 aliphatic carbocycles. The van der Waals surface area contributed by atoms with Gasteiger partial charge in [0.15, 0.2) is 10.8 Å². The molecule has 0 spiro atoms. The summed E-state index contributed by atoms with van der Waals surface area (Å²) in [4.78, 5) is 9.10. The van der Waals surface area contributed by atoms with Gasteiger partial charge < -0.3 is 8.83 Å². The van der Waals surface area contributed by atoms with Crippen molar-refractivity contribution in [2.45, 2.75) is 164 Å². The molecule has 0 fully saturated rings. The third kappa shape index (κ3) is 65.9. The molecule has 0 atom stereocenters. The molecule has 336 valence electrons. The van der Waals surface area contributed by atoms with E-state index in [0.29, 0.717) is 29.6 Å². The van der Waals surface area contributed by atoms with Gasteiger partial charge in [0.1, 0.15) is 6.26 Å². The summed E-state index contributed by atoms with van der Waals surface area (Å²) in [5.74, 6) is 31.3. The van der Waals surface area contributed by atoms with Gasteiger partial charge in [-0.25, -0.2) is 9.97 Å². The molecule has 4 nitrogen and oxygen atoms in total. The number of furan rings is 1. The fraction of sp³-hybridized carbons (Fsp3) is 0.593. The summed E-state index contributed by atoms with van der Waals surface area (Å²) in [6, 6.07) is 7.80. The van der Waals surface area contributed by atoms with E-state index in [2.05, 4.69) is 207 Å². The summed E-state index contributed by atoms with van der Waals surface area (Å²) in [6.07, 6.45) is 10.3. The van der Waals surface area contributed by atoms with Gasteiger partial charge in [-0.15, -0.1) is 22.7 Å². The Morgan fingerprint density at radius 1 is 0.450 bits per heavy atom. The first-order valence-electron chi connectivity index (χ1n) is 21.9. The van der Waals surface area contributed by atoms with Crippen LogP contribution < -0.4 is 0 Å². The van der Waals surface area contributed by atoms with Crippen molar-refractivity contribution >= 4 is 22.7 Å². The highest BCUT2D eigenvalue weighted by Gasteiger charge is 1.91. The van der Waals surface area contributed by atoms with E-state index in [1.165, 1.54) is 11.1 Å². The Labute approximate surface area is 380 Å². The van der Waals surface area contributed by atoms with Gasteiger partial charge in [0.05, 0.1) is 17.3 Å². The lowest BCUT2D eigenvalue weighted by atomic mass is 10.1. The molecule has 6 heteroatoms. The predicted molar refractivity (Wildman–Crippen MR) is 269 cm³/mol. The molecular weight excluding hydrogens is 773 g/mol. The normalized spacial score (nSPS) is 9.27. The number of rotatable bonds is 4. The largest absolute Gasteiger partial charge is 0.456 e. The fourth-order valence-electron chi connectivity index (χ4n) is 2.62. The second-order valence-electron chi connectivity index (χ2n) is 18.2. The van der Waals surface area contributed by atoms with Crippen LogP contribution in [0.25, 0.3) is 0 Å². The van der Waals surface area contributed by atoms with Crippen molar-refractivity contribution in [1.29, 1.82) is 0 Å². The van der Waals surface area contributed by atoms with Crippen molar-refractivity contribution in [3.8, 4) is 47.4 Å². The molecule has 0 aliphatic rings. The monoisotopic (exact) mass is 859 g/mol. The molecule has 0 N–H and O–H groups in total. The molecule has 0 saturated heterocycles. The molecule has 0 aliphatic heterocycles. The summed E-state index contributed by atoms with van der Waals surface area (Å²) in [7, 11) is 0. The van der Waals surface area contributed by atoms with Gasteiger partial charge >= 0.3 is 0 Å². The van der Waals surface area contributed by atoms with Crippen LogP contribution in [-0.4, -0.2) is 9.97 Å². The van der Waals surface area contributed by atoms with Crippen LogP contribution in [0.1, 0.15) is 186 Å². The molecule has 4 heterocycles.